The van der Waals surface area contributed by atoms with Crippen molar-refractivity contribution in [1.29, 1.82) is 0 Å². The minimum atomic E-state index is -1.05. The molecule has 1 nitrogen and oxygen atoms in total. The normalized spacial score (nSPS) is 12.0. The van der Waals surface area contributed by atoms with Gasteiger partial charge in [-0.2, -0.15) is 0 Å². The molecule has 0 aromatic carbocycles. The van der Waals surface area contributed by atoms with E-state index < -0.39 is 16.9 Å². The van der Waals surface area contributed by atoms with E-state index in [1.165, 1.54) is 0 Å². The van der Waals surface area contributed by atoms with Crippen molar-refractivity contribution in [3.63, 3.8) is 0 Å². The van der Waals surface area contributed by atoms with Crippen LogP contribution in [0.15, 0.2) is 0 Å². The molecule has 0 spiro atoms. The molecule has 0 aromatic rings. The van der Waals surface area contributed by atoms with Crippen LogP contribution in [0.25, 0.3) is 0 Å². The molecule has 0 saturated heterocycles. The third-order valence-corrected chi connectivity index (χ3v) is 3.90. The summed E-state index contributed by atoms with van der Waals surface area (Å²) in [6.07, 6.45) is 0. The molecule has 0 rings (SSSR count). The Morgan fingerprint density at radius 2 is 1.43 bits per heavy atom. The standard InChI is InChI=1S/C3H11OSi2.Na/c1-6(2,3)5-4;/h5H2,1-3H3;/q-1;+1. The quantitative estimate of drug-likeness (QED) is 0.345. The zero-order valence-electron chi connectivity index (χ0n) is 5.62. The van der Waals surface area contributed by atoms with Crippen LogP contribution < -0.4 is 34.4 Å². The second-order valence-corrected chi connectivity index (χ2v) is 15.3. The molecule has 0 unspecified atom stereocenters. The van der Waals surface area contributed by atoms with Gasteiger partial charge in [0.1, 0.15) is 0 Å². The first-order chi connectivity index (χ1) is 2.56. The molecule has 4 heteroatoms. The molecule has 0 aliphatic heterocycles. The SMILES string of the molecule is C[Si](C)(C)[SiH2][O-].[Na+]. The third kappa shape index (κ3) is 11.1. The van der Waals surface area contributed by atoms with E-state index in [1.807, 2.05) is 0 Å². The summed E-state index contributed by atoms with van der Waals surface area (Å²) < 4.78 is 0. The van der Waals surface area contributed by atoms with Gasteiger partial charge in [0.15, 0.2) is 0 Å². The second kappa shape index (κ2) is 4.29. The van der Waals surface area contributed by atoms with Gasteiger partial charge >= 0.3 is 29.6 Å². The van der Waals surface area contributed by atoms with Crippen molar-refractivity contribution in [3.8, 4) is 0 Å². The summed E-state index contributed by atoms with van der Waals surface area (Å²) in [4.78, 5) is 10.2. The number of rotatable bonds is 1. The molecule has 38 valence electrons. The van der Waals surface area contributed by atoms with E-state index in [4.69, 9.17) is 0 Å². The zero-order chi connectivity index (χ0) is 5.21. The molecule has 0 fully saturated rings. The minimum absolute atomic E-state index is 0. The molecular formula is C3H11NaOSi2. The fraction of sp³-hybridized carbons (Fsp3) is 1.00. The average Bonchev–Trinajstić information content (AvgIpc) is 1.35. The monoisotopic (exact) mass is 142 g/mol. The Balaban J connectivity index is 0. The first-order valence-electron chi connectivity index (χ1n) is 2.14. The van der Waals surface area contributed by atoms with E-state index in [0.717, 1.165) is 0 Å². The van der Waals surface area contributed by atoms with Gasteiger partial charge < -0.3 is 4.80 Å². The summed E-state index contributed by atoms with van der Waals surface area (Å²) in [5.74, 6) is 0. The summed E-state index contributed by atoms with van der Waals surface area (Å²) in [6.45, 7) is 6.39. The van der Waals surface area contributed by atoms with Gasteiger partial charge in [-0.1, -0.05) is 28.9 Å². The van der Waals surface area contributed by atoms with Gasteiger partial charge in [0, 0.05) is 7.59 Å². The van der Waals surface area contributed by atoms with E-state index in [-0.39, 0.29) is 29.6 Å². The van der Waals surface area contributed by atoms with Crippen molar-refractivity contribution >= 4 is 16.9 Å². The molecule has 0 aromatic heterocycles. The van der Waals surface area contributed by atoms with Gasteiger partial charge in [-0.25, -0.2) is 0 Å². The molecule has 0 atom stereocenters. The van der Waals surface area contributed by atoms with E-state index in [9.17, 15) is 4.80 Å². The summed E-state index contributed by atoms with van der Waals surface area (Å²) in [5.41, 5.74) is 0. The van der Waals surface area contributed by atoms with Gasteiger partial charge in [0.2, 0.25) is 0 Å². The molecule has 0 saturated carbocycles. The molecule has 0 N–H and O–H groups in total. The molecular weight excluding hydrogens is 131 g/mol. The maximum absolute atomic E-state index is 10.2. The van der Waals surface area contributed by atoms with Crippen LogP contribution in [0, 0.1) is 0 Å². The molecule has 0 radical (unpaired) electrons. The first-order valence-corrected chi connectivity index (χ1v) is 8.55. The Hall–Kier alpha value is 1.39. The molecule has 0 heterocycles. The Labute approximate surface area is 70.5 Å². The fourth-order valence-electron chi connectivity index (χ4n) is 0. The van der Waals surface area contributed by atoms with Crippen molar-refractivity contribution in [2.75, 3.05) is 0 Å². The molecule has 0 amide bonds. The summed E-state index contributed by atoms with van der Waals surface area (Å²) >= 11 is 0. The van der Waals surface area contributed by atoms with Crippen LogP contribution >= 0.6 is 0 Å². The van der Waals surface area contributed by atoms with Gasteiger partial charge in [-0.3, -0.25) is 0 Å². The van der Waals surface area contributed by atoms with Crippen LogP contribution in [0.2, 0.25) is 19.6 Å². The number of hydrogen-bond acceptors (Lipinski definition) is 1. The van der Waals surface area contributed by atoms with E-state index in [1.54, 1.807) is 0 Å². The maximum Gasteiger partial charge on any atom is 1.00 e. The zero-order valence-corrected chi connectivity index (χ0v) is 10.0. The van der Waals surface area contributed by atoms with E-state index in [2.05, 4.69) is 19.6 Å². The predicted octanol–water partition coefficient (Wildman–Crippen LogP) is -3.73. The van der Waals surface area contributed by atoms with Crippen LogP contribution in [0.4, 0.5) is 0 Å². The van der Waals surface area contributed by atoms with Gasteiger partial charge in [0.05, 0.1) is 0 Å². The Morgan fingerprint density at radius 1 is 1.29 bits per heavy atom. The summed E-state index contributed by atoms with van der Waals surface area (Å²) in [7, 11) is -1.91. The average molecular weight is 142 g/mol. The van der Waals surface area contributed by atoms with Crippen molar-refractivity contribution in [2.45, 2.75) is 19.6 Å². The van der Waals surface area contributed by atoms with E-state index >= 15 is 0 Å². The first kappa shape index (κ1) is 11.2. The van der Waals surface area contributed by atoms with Crippen molar-refractivity contribution in [3.05, 3.63) is 0 Å². The van der Waals surface area contributed by atoms with Crippen molar-refractivity contribution in [2.24, 2.45) is 0 Å². The van der Waals surface area contributed by atoms with E-state index in [0.29, 0.717) is 0 Å². The Kier molecular flexibility index (Phi) is 6.88. The van der Waals surface area contributed by atoms with Gasteiger partial charge in [-0.15, -0.1) is 0 Å². The van der Waals surface area contributed by atoms with Crippen LogP contribution in [0.1, 0.15) is 0 Å². The molecule has 0 aliphatic rings. The molecule has 0 bridgehead atoms. The summed E-state index contributed by atoms with van der Waals surface area (Å²) in [6, 6.07) is 0. The third-order valence-electron chi connectivity index (χ3n) is 0.433. The molecule has 0 aliphatic carbocycles. The minimum Gasteiger partial charge on any atom is -0.865 e. The maximum atomic E-state index is 10.2. The topological polar surface area (TPSA) is 23.1 Å². The van der Waals surface area contributed by atoms with Crippen molar-refractivity contribution < 1.29 is 34.4 Å². The Morgan fingerprint density at radius 3 is 1.43 bits per heavy atom. The largest absolute Gasteiger partial charge is 1.00 e. The predicted molar refractivity (Wildman–Crippen MR) is 31.9 cm³/mol. The molecule has 7 heavy (non-hydrogen) atoms. The fourth-order valence-corrected chi connectivity index (χ4v) is 0. The van der Waals surface area contributed by atoms with Gasteiger partial charge in [-0.05, 0) is 0 Å². The van der Waals surface area contributed by atoms with Crippen LogP contribution in [-0.2, 0) is 0 Å². The second-order valence-electron chi connectivity index (χ2n) is 2.70. The summed E-state index contributed by atoms with van der Waals surface area (Å²) in [5, 5.41) is 0. The van der Waals surface area contributed by atoms with Crippen molar-refractivity contribution in [1.82, 2.24) is 0 Å². The van der Waals surface area contributed by atoms with Crippen LogP contribution in [-0.4, -0.2) is 16.9 Å². The van der Waals surface area contributed by atoms with Gasteiger partial charge in [0.25, 0.3) is 0 Å². The Bertz CT molecular complexity index is 42.7. The smallest absolute Gasteiger partial charge is 0.865 e. The van der Waals surface area contributed by atoms with Crippen LogP contribution in [0.3, 0.4) is 0 Å². The number of hydrogen-bond donors (Lipinski definition) is 0. The van der Waals surface area contributed by atoms with Crippen LogP contribution in [0.5, 0.6) is 0 Å².